The lowest BCUT2D eigenvalue weighted by molar-refractivity contribution is -0.234. The molecule has 3 saturated carbocycles. The molecule has 10 atom stereocenters. The van der Waals surface area contributed by atoms with Gasteiger partial charge in [-0.1, -0.05) is 38.5 Å². The van der Waals surface area contributed by atoms with Crippen LogP contribution in [0.15, 0.2) is 48.1 Å². The average Bonchev–Trinajstić information content (AvgIpc) is 3.49. The molecule has 1 amide bonds. The van der Waals surface area contributed by atoms with Gasteiger partial charge in [0.25, 0.3) is 0 Å². The van der Waals surface area contributed by atoms with E-state index in [2.05, 4.69) is 5.32 Å². The monoisotopic (exact) mass is 641 g/mol. The molecule has 46 heavy (non-hydrogen) atoms. The number of Topliss-reactive ketones (excluding diaryl/α,β-unsaturated/α-hetero) is 1. The predicted octanol–water partition coefficient (Wildman–Crippen LogP) is 4.26. The number of ether oxygens (including phenoxy) is 3. The van der Waals surface area contributed by atoms with Crippen molar-refractivity contribution in [2.45, 2.75) is 102 Å². The van der Waals surface area contributed by atoms with E-state index in [1.807, 2.05) is 6.92 Å². The van der Waals surface area contributed by atoms with Crippen molar-refractivity contribution in [3.63, 3.8) is 0 Å². The summed E-state index contributed by atoms with van der Waals surface area (Å²) in [5, 5.41) is 14.4. The summed E-state index contributed by atoms with van der Waals surface area (Å²) >= 11 is 0. The first kappa shape index (κ1) is 32.7. The molecule has 1 aromatic rings. The zero-order chi connectivity index (χ0) is 33.2. The lowest BCUT2D eigenvalue weighted by Crippen LogP contribution is -2.71. The highest BCUT2D eigenvalue weighted by atomic mass is 19.1. The molecule has 6 rings (SSSR count). The first-order valence-corrected chi connectivity index (χ1v) is 16.0. The fraction of sp³-hybridized carbons (Fsp3) is 0.600. The molecule has 2 N–H and O–H groups in total. The van der Waals surface area contributed by atoms with E-state index in [9.17, 15) is 24.3 Å². The number of rotatable bonds is 8. The SMILES string of the molecule is CCCC1O[C@@H]2C[C@H]3[C@@H]4C[C@H](F)C5=CC(=O)C=C[C@]5(C)[C@@]4(F)[C@@H](O)C[C@]3(C)[C@]2(C(=O)COC(=O)c2ccc(CNC(C)=O)cc2)O1. The first-order valence-electron chi connectivity index (χ1n) is 16.0. The molecule has 248 valence electrons. The van der Waals surface area contributed by atoms with Crippen LogP contribution in [0.2, 0.25) is 0 Å². The van der Waals surface area contributed by atoms with Gasteiger partial charge in [0.05, 0.1) is 17.8 Å². The van der Waals surface area contributed by atoms with Crippen molar-refractivity contribution in [1.29, 1.82) is 0 Å². The largest absolute Gasteiger partial charge is 0.454 e. The predicted molar refractivity (Wildman–Crippen MR) is 161 cm³/mol. The van der Waals surface area contributed by atoms with Crippen LogP contribution >= 0.6 is 0 Å². The number of carbonyl (C=O) groups is 4. The van der Waals surface area contributed by atoms with E-state index < -0.39 is 82.7 Å². The number of alkyl halides is 2. The Hall–Kier alpha value is -3.28. The molecule has 4 aliphatic carbocycles. The summed E-state index contributed by atoms with van der Waals surface area (Å²) in [6, 6.07) is 6.41. The van der Waals surface area contributed by atoms with E-state index in [-0.39, 0.29) is 36.3 Å². The quantitative estimate of drug-likeness (QED) is 0.404. The summed E-state index contributed by atoms with van der Waals surface area (Å²) in [5.41, 5.74) is -5.71. The first-order chi connectivity index (χ1) is 21.7. The third kappa shape index (κ3) is 4.64. The van der Waals surface area contributed by atoms with Crippen LogP contribution in [-0.4, -0.2) is 71.1 Å². The normalized spacial score (nSPS) is 40.7. The van der Waals surface area contributed by atoms with Gasteiger partial charge in [0, 0.05) is 30.2 Å². The number of ketones is 2. The second-order valence-corrected chi connectivity index (χ2v) is 13.9. The van der Waals surface area contributed by atoms with Gasteiger partial charge in [0.1, 0.15) is 6.17 Å². The number of carbonyl (C=O) groups excluding carboxylic acids is 4. The molecule has 1 saturated heterocycles. The summed E-state index contributed by atoms with van der Waals surface area (Å²) < 4.78 is 51.7. The molecule has 4 fully saturated rings. The van der Waals surface area contributed by atoms with Crippen LogP contribution in [0.1, 0.15) is 75.7 Å². The zero-order valence-corrected chi connectivity index (χ0v) is 26.5. The highest BCUT2D eigenvalue weighted by Gasteiger charge is 2.80. The molecule has 1 unspecified atom stereocenters. The Balaban J connectivity index is 1.29. The minimum Gasteiger partial charge on any atom is -0.454 e. The van der Waals surface area contributed by atoms with Gasteiger partial charge in [0.15, 0.2) is 29.9 Å². The average molecular weight is 642 g/mol. The number of allylic oxidation sites excluding steroid dienone is 4. The Kier molecular flexibility index (Phi) is 8.13. The van der Waals surface area contributed by atoms with E-state index in [1.54, 1.807) is 19.1 Å². The number of benzene rings is 1. The van der Waals surface area contributed by atoms with E-state index in [1.165, 1.54) is 38.1 Å². The lowest BCUT2D eigenvalue weighted by atomic mass is 9.44. The number of aliphatic hydroxyl groups is 1. The van der Waals surface area contributed by atoms with Gasteiger partial charge in [-0.15, -0.1) is 0 Å². The van der Waals surface area contributed by atoms with Gasteiger partial charge in [-0.25, -0.2) is 13.6 Å². The van der Waals surface area contributed by atoms with Crippen molar-refractivity contribution in [2.24, 2.45) is 22.7 Å². The molecular formula is C35H41F2NO8. The summed E-state index contributed by atoms with van der Waals surface area (Å²) in [6.07, 6.45) is -0.0887. The number of esters is 1. The van der Waals surface area contributed by atoms with Crippen molar-refractivity contribution in [3.05, 3.63) is 59.2 Å². The maximum atomic E-state index is 17.6. The van der Waals surface area contributed by atoms with Crippen molar-refractivity contribution < 1.29 is 47.3 Å². The van der Waals surface area contributed by atoms with Gasteiger partial charge in [0.2, 0.25) is 11.7 Å². The van der Waals surface area contributed by atoms with Gasteiger partial charge in [-0.3, -0.25) is 14.4 Å². The third-order valence-corrected chi connectivity index (χ3v) is 11.4. The number of nitrogens with one attached hydrogen (secondary N) is 1. The van der Waals surface area contributed by atoms with Gasteiger partial charge < -0.3 is 24.6 Å². The fourth-order valence-corrected chi connectivity index (χ4v) is 9.19. The third-order valence-electron chi connectivity index (χ3n) is 11.4. The second-order valence-electron chi connectivity index (χ2n) is 13.9. The number of hydrogen-bond acceptors (Lipinski definition) is 8. The summed E-state index contributed by atoms with van der Waals surface area (Å²) in [6.45, 7) is 6.30. The van der Waals surface area contributed by atoms with Crippen LogP contribution < -0.4 is 5.32 Å². The van der Waals surface area contributed by atoms with E-state index in [4.69, 9.17) is 14.2 Å². The molecule has 0 bridgehead atoms. The molecule has 11 heteroatoms. The maximum absolute atomic E-state index is 17.6. The van der Waals surface area contributed by atoms with Gasteiger partial charge >= 0.3 is 5.97 Å². The van der Waals surface area contributed by atoms with Gasteiger partial charge in [-0.05, 0) is 73.9 Å². The molecule has 9 nitrogen and oxygen atoms in total. The smallest absolute Gasteiger partial charge is 0.338 e. The van der Waals surface area contributed by atoms with Crippen molar-refractivity contribution in [3.8, 4) is 0 Å². The Bertz CT molecular complexity index is 1510. The molecule has 1 heterocycles. The maximum Gasteiger partial charge on any atom is 0.338 e. The molecule has 5 aliphatic rings. The van der Waals surface area contributed by atoms with Gasteiger partial charge in [-0.2, -0.15) is 0 Å². The van der Waals surface area contributed by atoms with E-state index in [0.717, 1.165) is 11.6 Å². The summed E-state index contributed by atoms with van der Waals surface area (Å²) in [5.74, 6) is -3.53. The highest BCUT2D eigenvalue weighted by Crippen LogP contribution is 2.72. The van der Waals surface area contributed by atoms with Crippen LogP contribution in [0.3, 0.4) is 0 Å². The Morgan fingerprint density at radius 2 is 1.85 bits per heavy atom. The fourth-order valence-electron chi connectivity index (χ4n) is 9.19. The molecule has 0 radical (unpaired) electrons. The molecular weight excluding hydrogens is 600 g/mol. The topological polar surface area (TPSA) is 128 Å². The van der Waals surface area contributed by atoms with Crippen LogP contribution in [0.25, 0.3) is 0 Å². The van der Waals surface area contributed by atoms with Crippen LogP contribution in [0.4, 0.5) is 8.78 Å². The Morgan fingerprint density at radius 1 is 1.13 bits per heavy atom. The summed E-state index contributed by atoms with van der Waals surface area (Å²) in [7, 11) is 0. The molecule has 1 aliphatic heterocycles. The van der Waals surface area contributed by atoms with Crippen molar-refractivity contribution in [1.82, 2.24) is 5.32 Å². The summed E-state index contributed by atoms with van der Waals surface area (Å²) in [4.78, 5) is 50.6. The number of amides is 1. The van der Waals surface area contributed by atoms with Crippen LogP contribution in [-0.2, 0) is 35.1 Å². The number of hydrogen-bond donors (Lipinski definition) is 2. The Morgan fingerprint density at radius 3 is 2.52 bits per heavy atom. The van der Waals surface area contributed by atoms with Crippen LogP contribution in [0, 0.1) is 22.7 Å². The van der Waals surface area contributed by atoms with Crippen molar-refractivity contribution >= 4 is 23.4 Å². The highest BCUT2D eigenvalue weighted by molar-refractivity contribution is 6.01. The molecule has 1 aromatic carbocycles. The van der Waals surface area contributed by atoms with Crippen LogP contribution in [0.5, 0.6) is 0 Å². The van der Waals surface area contributed by atoms with E-state index >= 15 is 8.78 Å². The zero-order valence-electron chi connectivity index (χ0n) is 26.5. The van der Waals surface area contributed by atoms with E-state index in [0.29, 0.717) is 19.4 Å². The number of halogens is 2. The second kappa shape index (κ2) is 11.5. The lowest BCUT2D eigenvalue weighted by Gasteiger charge is -2.63. The molecule has 0 spiro atoms. The number of aliphatic hydroxyl groups excluding tert-OH is 1. The minimum absolute atomic E-state index is 0.0240. The standard InChI is InChI=1S/C35H41F2NO8/c1-5-6-30-45-29-15-23-24-14-26(36)25-13-22(40)11-12-32(25,3)34(24,37)27(41)16-33(23,4)35(29,46-30)28(42)18-44-31(43)21-9-7-20(8-10-21)17-38-19(2)39/h7-13,23-24,26-27,29-30,41H,5-6,14-18H2,1-4H3,(H,38,39)/t23-,24-,26-,27-,29+,30?,32-,33-,34-,35+/m0/s1. The minimum atomic E-state index is -2.31. The molecule has 0 aromatic heterocycles. The Labute approximate surface area is 266 Å². The van der Waals surface area contributed by atoms with Crippen molar-refractivity contribution in [2.75, 3.05) is 6.61 Å². The number of fused-ring (bicyclic) bond motifs is 7.